The zero-order valence-corrected chi connectivity index (χ0v) is 22.6. The number of nitrogens with zero attached hydrogens (tertiary/aromatic N) is 2. The van der Waals surface area contributed by atoms with Gasteiger partial charge in [-0.1, -0.05) is 53.5 Å². The van der Waals surface area contributed by atoms with E-state index < -0.39 is 17.5 Å². The monoisotopic (exact) mass is 601 g/mol. The summed E-state index contributed by atoms with van der Waals surface area (Å²) in [6.45, 7) is 0.878. The smallest absolute Gasteiger partial charge is 0.256 e. The normalized spacial score (nSPS) is 26.2. The minimum atomic E-state index is -1.33. The molecule has 190 valence electrons. The molecular weight excluding hydrogens is 581 g/mol. The van der Waals surface area contributed by atoms with E-state index in [4.69, 9.17) is 27.9 Å². The second kappa shape index (κ2) is 9.27. The maximum Gasteiger partial charge on any atom is 0.256 e. The van der Waals surface area contributed by atoms with Crippen molar-refractivity contribution in [1.29, 1.82) is 0 Å². The highest BCUT2D eigenvalue weighted by Gasteiger charge is 2.73. The van der Waals surface area contributed by atoms with Crippen LogP contribution in [0.3, 0.4) is 0 Å². The molecule has 1 amide bonds. The highest BCUT2D eigenvalue weighted by Crippen LogP contribution is 2.58. The van der Waals surface area contributed by atoms with Gasteiger partial charge >= 0.3 is 0 Å². The van der Waals surface area contributed by atoms with Crippen LogP contribution in [0.25, 0.3) is 0 Å². The van der Waals surface area contributed by atoms with Crippen molar-refractivity contribution in [1.82, 2.24) is 4.90 Å². The number of para-hydroxylation sites is 1. The number of nitrogens with one attached hydrogen (secondary N) is 1. The first-order chi connectivity index (χ1) is 17.8. The summed E-state index contributed by atoms with van der Waals surface area (Å²) in [6.07, 6.45) is 1.67. The molecule has 3 aromatic rings. The van der Waals surface area contributed by atoms with Crippen LogP contribution in [0.1, 0.15) is 35.4 Å². The van der Waals surface area contributed by atoms with Crippen molar-refractivity contribution in [2.45, 2.75) is 43.0 Å². The van der Waals surface area contributed by atoms with E-state index in [0.29, 0.717) is 38.1 Å². The quantitative estimate of drug-likeness (QED) is 0.270. The third kappa shape index (κ3) is 3.76. The van der Waals surface area contributed by atoms with Gasteiger partial charge in [-0.15, -0.1) is 0 Å². The SMILES string of the molecule is O=C1Nc2ccccc2[C@]12[C@H]([N+](=O)[O-])[C@@H](c1ccc(OCc3ccc(Cl)cc3Cl)c(Br)c1)[C@H]1CCCN12. The number of nitro groups is 1. The van der Waals surface area contributed by atoms with Crippen LogP contribution in [0.15, 0.2) is 65.1 Å². The highest BCUT2D eigenvalue weighted by atomic mass is 79.9. The first-order valence-corrected chi connectivity index (χ1v) is 13.5. The van der Waals surface area contributed by atoms with Gasteiger partial charge in [0, 0.05) is 44.4 Å². The fraction of sp³-hybridized carbons (Fsp3) is 0.296. The van der Waals surface area contributed by atoms with Crippen LogP contribution in [-0.2, 0) is 16.9 Å². The Labute approximate surface area is 232 Å². The average Bonchev–Trinajstić information content (AvgIpc) is 3.52. The maximum atomic E-state index is 13.6. The van der Waals surface area contributed by atoms with Crippen molar-refractivity contribution >= 4 is 50.7 Å². The molecule has 3 aliphatic rings. The van der Waals surface area contributed by atoms with Crippen molar-refractivity contribution in [2.75, 3.05) is 11.9 Å². The van der Waals surface area contributed by atoms with Gasteiger partial charge in [0.1, 0.15) is 12.4 Å². The van der Waals surface area contributed by atoms with Crippen LogP contribution in [0.4, 0.5) is 5.69 Å². The molecule has 3 aromatic carbocycles. The van der Waals surface area contributed by atoms with E-state index >= 15 is 0 Å². The Bertz CT molecular complexity index is 1440. The molecule has 4 atom stereocenters. The van der Waals surface area contributed by atoms with E-state index in [0.717, 1.165) is 24.0 Å². The average molecular weight is 603 g/mol. The van der Waals surface area contributed by atoms with E-state index in [1.807, 2.05) is 48.5 Å². The van der Waals surface area contributed by atoms with E-state index in [9.17, 15) is 14.9 Å². The number of rotatable bonds is 5. The number of anilines is 1. The fourth-order valence-corrected chi connectivity index (χ4v) is 7.38. The predicted molar refractivity (Wildman–Crippen MR) is 145 cm³/mol. The summed E-state index contributed by atoms with van der Waals surface area (Å²) in [4.78, 5) is 28.1. The summed E-state index contributed by atoms with van der Waals surface area (Å²) in [7, 11) is 0. The number of hydrogen-bond donors (Lipinski definition) is 1. The lowest BCUT2D eigenvalue weighted by atomic mass is 9.77. The van der Waals surface area contributed by atoms with Gasteiger partial charge in [-0.2, -0.15) is 0 Å². The first-order valence-electron chi connectivity index (χ1n) is 12.0. The van der Waals surface area contributed by atoms with Crippen molar-refractivity contribution < 1.29 is 14.5 Å². The van der Waals surface area contributed by atoms with Gasteiger partial charge in [0.25, 0.3) is 11.9 Å². The number of hydrogen-bond acceptors (Lipinski definition) is 5. The topological polar surface area (TPSA) is 84.7 Å². The molecule has 0 radical (unpaired) electrons. The third-order valence-corrected chi connectivity index (χ3v) is 9.04. The molecule has 3 aliphatic heterocycles. The number of fused-ring (bicyclic) bond motifs is 4. The molecule has 10 heteroatoms. The fourth-order valence-electron chi connectivity index (χ4n) is 6.41. The van der Waals surface area contributed by atoms with Crippen molar-refractivity contribution in [3.63, 3.8) is 0 Å². The molecule has 2 fully saturated rings. The standard InChI is InChI=1S/C27H22BrCl2N3O4/c28-19-12-15(8-10-23(19)37-14-16-7-9-17(29)13-20(16)30)24-22-6-3-11-32(22)27(25(24)33(35)36)18-4-1-2-5-21(18)31-26(27)34/h1-2,4-5,7-10,12-13,22,24-25H,3,6,11,14H2,(H,31,34)/t22-,24+,25-,27+/m1/s1. The highest BCUT2D eigenvalue weighted by molar-refractivity contribution is 9.10. The number of benzene rings is 3. The third-order valence-electron chi connectivity index (χ3n) is 7.83. The maximum absolute atomic E-state index is 13.6. The van der Waals surface area contributed by atoms with Gasteiger partial charge in [-0.25, -0.2) is 0 Å². The second-order valence-electron chi connectivity index (χ2n) is 9.64. The molecule has 0 bridgehead atoms. The zero-order valence-electron chi connectivity index (χ0n) is 19.5. The van der Waals surface area contributed by atoms with Gasteiger partial charge < -0.3 is 10.1 Å². The molecule has 37 heavy (non-hydrogen) atoms. The molecule has 1 N–H and O–H groups in total. The molecular formula is C27H22BrCl2N3O4. The number of halogens is 3. The van der Waals surface area contributed by atoms with Crippen LogP contribution < -0.4 is 10.1 Å². The largest absolute Gasteiger partial charge is 0.488 e. The summed E-state index contributed by atoms with van der Waals surface area (Å²) in [5.74, 6) is -0.193. The van der Waals surface area contributed by atoms with Gasteiger partial charge in [-0.05, 0) is 64.7 Å². The predicted octanol–water partition coefficient (Wildman–Crippen LogP) is 6.39. The van der Waals surface area contributed by atoms with Gasteiger partial charge in [0.15, 0.2) is 5.54 Å². The van der Waals surface area contributed by atoms with E-state index in [1.54, 1.807) is 12.1 Å². The van der Waals surface area contributed by atoms with Crippen molar-refractivity contribution in [3.8, 4) is 5.75 Å². The Morgan fingerprint density at radius 1 is 1.16 bits per heavy atom. The summed E-state index contributed by atoms with van der Waals surface area (Å²) in [6, 6.07) is 16.9. The van der Waals surface area contributed by atoms with Gasteiger partial charge in [-0.3, -0.25) is 19.8 Å². The lowest BCUT2D eigenvalue weighted by Gasteiger charge is -2.32. The minimum Gasteiger partial charge on any atom is -0.488 e. The molecule has 3 heterocycles. The summed E-state index contributed by atoms with van der Waals surface area (Å²) < 4.78 is 6.68. The summed E-state index contributed by atoms with van der Waals surface area (Å²) >= 11 is 15.9. The summed E-state index contributed by atoms with van der Waals surface area (Å²) in [5, 5.41) is 16.7. The Balaban J connectivity index is 1.37. The Morgan fingerprint density at radius 3 is 2.73 bits per heavy atom. The van der Waals surface area contributed by atoms with Crippen molar-refractivity contribution in [3.05, 3.63) is 102 Å². The molecule has 1 spiro atoms. The van der Waals surface area contributed by atoms with Gasteiger partial charge in [0.05, 0.1) is 10.4 Å². The number of ether oxygens (including phenoxy) is 1. The molecule has 2 saturated heterocycles. The molecule has 0 unspecified atom stereocenters. The Hall–Kier alpha value is -2.65. The second-order valence-corrected chi connectivity index (χ2v) is 11.3. The number of carbonyl (C=O) groups is 1. The molecule has 7 nitrogen and oxygen atoms in total. The van der Waals surface area contributed by atoms with E-state index in [1.165, 1.54) is 0 Å². The molecule has 0 aliphatic carbocycles. The van der Waals surface area contributed by atoms with Crippen LogP contribution in [0.2, 0.25) is 10.0 Å². The lowest BCUT2D eigenvalue weighted by Crippen LogP contribution is -2.55. The minimum absolute atomic E-state index is 0.126. The van der Waals surface area contributed by atoms with Crippen LogP contribution >= 0.6 is 39.1 Å². The lowest BCUT2D eigenvalue weighted by molar-refractivity contribution is -0.534. The number of carbonyl (C=O) groups excluding carboxylic acids is 1. The Morgan fingerprint density at radius 2 is 1.97 bits per heavy atom. The van der Waals surface area contributed by atoms with Crippen molar-refractivity contribution in [2.24, 2.45) is 0 Å². The Kier molecular flexibility index (Phi) is 6.18. The van der Waals surface area contributed by atoms with Crippen LogP contribution in [0.5, 0.6) is 5.75 Å². The zero-order chi connectivity index (χ0) is 25.9. The van der Waals surface area contributed by atoms with E-state index in [-0.39, 0.29) is 23.5 Å². The number of amides is 1. The molecule has 6 rings (SSSR count). The van der Waals surface area contributed by atoms with Crippen LogP contribution in [0, 0.1) is 10.1 Å². The van der Waals surface area contributed by atoms with Gasteiger partial charge in [0.2, 0.25) is 0 Å². The van der Waals surface area contributed by atoms with E-state index in [2.05, 4.69) is 26.1 Å². The summed E-state index contributed by atoms with van der Waals surface area (Å²) in [5.41, 5.74) is 1.60. The first kappa shape index (κ1) is 24.7. The molecule has 0 aromatic heterocycles. The molecule has 0 saturated carbocycles. The van der Waals surface area contributed by atoms with Crippen LogP contribution in [-0.4, -0.2) is 34.4 Å².